The first kappa shape index (κ1) is 17.1. The van der Waals surface area contributed by atoms with Crippen LogP contribution >= 0.6 is 0 Å². The number of amides is 2. The normalized spacial score (nSPS) is 10.0. The van der Waals surface area contributed by atoms with Gasteiger partial charge in [0.1, 0.15) is 13.2 Å². The van der Waals surface area contributed by atoms with E-state index >= 15 is 0 Å². The number of hydrogen-bond donors (Lipinski definition) is 4. The second-order valence-corrected chi connectivity index (χ2v) is 4.74. The average Bonchev–Trinajstić information content (AvgIpc) is 2.59. The van der Waals surface area contributed by atoms with Gasteiger partial charge >= 0.3 is 6.03 Å². The highest BCUT2D eigenvalue weighted by atomic mass is 16.5. The fourth-order valence-electron chi connectivity index (χ4n) is 1.66. The first-order valence-corrected chi connectivity index (χ1v) is 7.34. The predicted molar refractivity (Wildman–Crippen MR) is 89.7 cm³/mol. The number of rotatable bonds is 8. The first-order chi connectivity index (χ1) is 11.6. The van der Waals surface area contributed by atoms with E-state index in [1.807, 2.05) is 0 Å². The Morgan fingerprint density at radius 3 is 1.71 bits per heavy atom. The zero-order valence-electron chi connectivity index (χ0n) is 13.1. The van der Waals surface area contributed by atoms with Crippen molar-refractivity contribution in [2.75, 3.05) is 37.8 Å². The molecule has 0 spiro atoms. The third-order valence-corrected chi connectivity index (χ3v) is 2.79. The monoisotopic (exact) mass is 332 g/mol. The Bertz CT molecular complexity index is 577. The van der Waals surface area contributed by atoms with Crippen LogP contribution in [0.5, 0.6) is 11.8 Å². The van der Waals surface area contributed by atoms with Crippen molar-refractivity contribution in [2.45, 2.75) is 0 Å². The summed E-state index contributed by atoms with van der Waals surface area (Å²) >= 11 is 0. The maximum atomic E-state index is 11.6. The lowest BCUT2D eigenvalue weighted by Gasteiger charge is -2.09. The number of aromatic nitrogens is 2. The number of nitrogens with zero attached hydrogens (tertiary/aromatic N) is 2. The molecule has 9 nitrogen and oxygen atoms in total. The van der Waals surface area contributed by atoms with Gasteiger partial charge in [0, 0.05) is 12.1 Å². The Hall–Kier alpha value is -3.23. The number of ether oxygens (including phenoxy) is 2. The SMILES string of the molecule is Nc1ccc(OCCNC(=O)NCCOc2ccc(N)cn2)nc1. The molecule has 2 aromatic rings. The molecule has 2 heterocycles. The van der Waals surface area contributed by atoms with E-state index in [1.165, 1.54) is 12.4 Å². The summed E-state index contributed by atoms with van der Waals surface area (Å²) in [6, 6.07) is 6.41. The fourth-order valence-corrected chi connectivity index (χ4v) is 1.66. The summed E-state index contributed by atoms with van der Waals surface area (Å²) in [7, 11) is 0. The van der Waals surface area contributed by atoms with E-state index in [0.29, 0.717) is 49.4 Å². The topological polar surface area (TPSA) is 137 Å². The highest BCUT2D eigenvalue weighted by Crippen LogP contribution is 2.08. The Kier molecular flexibility index (Phi) is 6.45. The lowest BCUT2D eigenvalue weighted by atomic mass is 10.4. The largest absolute Gasteiger partial charge is 0.476 e. The van der Waals surface area contributed by atoms with Crippen molar-refractivity contribution in [2.24, 2.45) is 0 Å². The van der Waals surface area contributed by atoms with Gasteiger partial charge in [-0.25, -0.2) is 14.8 Å². The minimum Gasteiger partial charge on any atom is -0.476 e. The number of nitrogens with two attached hydrogens (primary N) is 2. The summed E-state index contributed by atoms with van der Waals surface area (Å²) in [6.45, 7) is 1.29. The zero-order valence-corrected chi connectivity index (χ0v) is 13.1. The van der Waals surface area contributed by atoms with Gasteiger partial charge in [0.2, 0.25) is 11.8 Å². The summed E-state index contributed by atoms with van der Waals surface area (Å²) in [5.74, 6) is 0.909. The number of carbonyl (C=O) groups is 1. The molecule has 0 aliphatic carbocycles. The van der Waals surface area contributed by atoms with E-state index in [9.17, 15) is 4.79 Å². The van der Waals surface area contributed by atoms with E-state index in [0.717, 1.165) is 0 Å². The van der Waals surface area contributed by atoms with Crippen molar-refractivity contribution in [1.29, 1.82) is 0 Å². The molecule has 0 aliphatic rings. The molecular formula is C15H20N6O3. The van der Waals surface area contributed by atoms with Crippen LogP contribution in [0.4, 0.5) is 16.2 Å². The molecule has 0 radical (unpaired) electrons. The van der Waals surface area contributed by atoms with Crippen LogP contribution in [0.1, 0.15) is 0 Å². The highest BCUT2D eigenvalue weighted by Gasteiger charge is 2.01. The molecule has 0 atom stereocenters. The number of pyridine rings is 2. The lowest BCUT2D eigenvalue weighted by molar-refractivity contribution is 0.231. The van der Waals surface area contributed by atoms with Crippen molar-refractivity contribution in [3.8, 4) is 11.8 Å². The molecule has 24 heavy (non-hydrogen) atoms. The molecule has 0 saturated carbocycles. The number of nitrogen functional groups attached to an aromatic ring is 2. The van der Waals surface area contributed by atoms with Crippen LogP contribution in [0.3, 0.4) is 0 Å². The van der Waals surface area contributed by atoms with Gasteiger partial charge in [-0.1, -0.05) is 0 Å². The van der Waals surface area contributed by atoms with Gasteiger partial charge in [0.05, 0.1) is 36.9 Å². The van der Waals surface area contributed by atoms with E-state index in [1.54, 1.807) is 24.3 Å². The Morgan fingerprint density at radius 1 is 0.875 bits per heavy atom. The number of hydrogen-bond acceptors (Lipinski definition) is 7. The van der Waals surface area contributed by atoms with Crippen LogP contribution in [-0.2, 0) is 0 Å². The van der Waals surface area contributed by atoms with Gasteiger partial charge in [-0.05, 0) is 12.1 Å². The maximum absolute atomic E-state index is 11.6. The molecule has 9 heteroatoms. The number of urea groups is 1. The summed E-state index contributed by atoms with van der Waals surface area (Å²) in [5, 5.41) is 5.31. The minimum absolute atomic E-state index is 0.302. The number of nitrogens with one attached hydrogen (secondary N) is 2. The van der Waals surface area contributed by atoms with E-state index < -0.39 is 0 Å². The van der Waals surface area contributed by atoms with E-state index in [-0.39, 0.29) is 6.03 Å². The fraction of sp³-hybridized carbons (Fsp3) is 0.267. The van der Waals surface area contributed by atoms with Gasteiger partial charge in [0.25, 0.3) is 0 Å². The van der Waals surface area contributed by atoms with Crippen LogP contribution < -0.4 is 31.6 Å². The van der Waals surface area contributed by atoms with Crippen LogP contribution in [0, 0.1) is 0 Å². The molecule has 0 aliphatic heterocycles. The van der Waals surface area contributed by atoms with Crippen LogP contribution in [0.15, 0.2) is 36.7 Å². The molecule has 0 bridgehead atoms. The molecule has 6 N–H and O–H groups in total. The summed E-state index contributed by atoms with van der Waals surface area (Å²) in [4.78, 5) is 19.5. The van der Waals surface area contributed by atoms with Gasteiger partial charge < -0.3 is 31.6 Å². The van der Waals surface area contributed by atoms with Crippen molar-refractivity contribution in [3.05, 3.63) is 36.7 Å². The molecule has 0 unspecified atom stereocenters. The molecule has 2 rings (SSSR count). The van der Waals surface area contributed by atoms with E-state index in [4.69, 9.17) is 20.9 Å². The Morgan fingerprint density at radius 2 is 1.33 bits per heavy atom. The van der Waals surface area contributed by atoms with Gasteiger partial charge in [-0.3, -0.25) is 0 Å². The second-order valence-electron chi connectivity index (χ2n) is 4.74. The number of anilines is 2. The molecule has 0 saturated heterocycles. The predicted octanol–water partition coefficient (Wildman–Crippen LogP) is 0.398. The van der Waals surface area contributed by atoms with Crippen LogP contribution in [0.25, 0.3) is 0 Å². The maximum Gasteiger partial charge on any atom is 0.315 e. The zero-order chi connectivity index (χ0) is 17.2. The highest BCUT2D eigenvalue weighted by molar-refractivity contribution is 5.73. The third kappa shape index (κ3) is 6.26. The third-order valence-electron chi connectivity index (χ3n) is 2.79. The molecule has 0 fully saturated rings. The molecule has 2 aromatic heterocycles. The lowest BCUT2D eigenvalue weighted by Crippen LogP contribution is -2.39. The van der Waals surface area contributed by atoms with Crippen molar-refractivity contribution in [3.63, 3.8) is 0 Å². The summed E-state index contributed by atoms with van der Waals surface area (Å²) in [5.41, 5.74) is 12.2. The van der Waals surface area contributed by atoms with Crippen molar-refractivity contribution < 1.29 is 14.3 Å². The van der Waals surface area contributed by atoms with Crippen LogP contribution in [-0.4, -0.2) is 42.3 Å². The first-order valence-electron chi connectivity index (χ1n) is 7.34. The average molecular weight is 332 g/mol. The molecule has 128 valence electrons. The molecule has 0 aromatic carbocycles. The van der Waals surface area contributed by atoms with Crippen molar-refractivity contribution in [1.82, 2.24) is 20.6 Å². The van der Waals surface area contributed by atoms with Gasteiger partial charge in [-0.2, -0.15) is 0 Å². The Balaban J connectivity index is 1.52. The molecule has 2 amide bonds. The second kappa shape index (κ2) is 9.03. The number of carbonyl (C=O) groups excluding carboxylic acids is 1. The van der Waals surface area contributed by atoms with Gasteiger partial charge in [-0.15, -0.1) is 0 Å². The van der Waals surface area contributed by atoms with E-state index in [2.05, 4.69) is 20.6 Å². The summed E-state index contributed by atoms with van der Waals surface area (Å²) < 4.78 is 10.7. The molecular weight excluding hydrogens is 312 g/mol. The standard InChI is InChI=1S/C15H20N6O3/c16-11-1-3-13(20-9-11)23-7-5-18-15(22)19-6-8-24-14-4-2-12(17)10-21-14/h1-4,9-10H,5-8,16-17H2,(H2,18,19,22). The quantitative estimate of drug-likeness (QED) is 0.513. The van der Waals surface area contributed by atoms with Crippen molar-refractivity contribution >= 4 is 17.4 Å². The minimum atomic E-state index is -0.308. The van der Waals surface area contributed by atoms with Crippen LogP contribution in [0.2, 0.25) is 0 Å². The smallest absolute Gasteiger partial charge is 0.315 e. The Labute approximate surface area is 139 Å². The van der Waals surface area contributed by atoms with Gasteiger partial charge in [0.15, 0.2) is 0 Å². The summed E-state index contributed by atoms with van der Waals surface area (Å²) in [6.07, 6.45) is 3.01.